The second-order valence-corrected chi connectivity index (χ2v) is 8.91. The highest BCUT2D eigenvalue weighted by Crippen LogP contribution is 2.35. The highest BCUT2D eigenvalue weighted by atomic mass is 16.7. The Morgan fingerprint density at radius 1 is 0.784 bits per heavy atom. The van der Waals surface area contributed by atoms with Crippen LogP contribution in [-0.2, 0) is 53.0 Å². The van der Waals surface area contributed by atoms with E-state index in [1.165, 1.54) is 14.2 Å². The Morgan fingerprint density at radius 3 is 1.81 bits per heavy atom. The number of ether oxygens (including phenoxy) is 6. The van der Waals surface area contributed by atoms with Crippen LogP contribution in [0.3, 0.4) is 0 Å². The van der Waals surface area contributed by atoms with Crippen LogP contribution >= 0.6 is 0 Å². The molecule has 7 nitrogen and oxygen atoms in total. The normalized spacial score (nSPS) is 23.5. The van der Waals surface area contributed by atoms with Crippen LogP contribution in [0.2, 0.25) is 0 Å². The summed E-state index contributed by atoms with van der Waals surface area (Å²) >= 11 is 0. The standard InChI is InChI=1S/C30H34O7/c1-32-29(31)30(33-2)18-26(35-20-24-14-8-4-9-15-24)28(36-21-25-16-10-5-11-17-25)27(37-30)22-34-19-23-12-6-3-7-13-23/h3-17,26-28H,18-22H2,1-2H3/t26-,27-,28+,30-/m1/s1. The van der Waals surface area contributed by atoms with Gasteiger partial charge in [0.25, 0.3) is 5.79 Å². The van der Waals surface area contributed by atoms with Crippen molar-refractivity contribution in [3.8, 4) is 0 Å². The first-order valence-electron chi connectivity index (χ1n) is 12.4. The molecule has 0 bridgehead atoms. The molecule has 0 saturated carbocycles. The first-order chi connectivity index (χ1) is 18.1. The van der Waals surface area contributed by atoms with Crippen LogP contribution in [-0.4, -0.2) is 50.9 Å². The molecule has 1 fully saturated rings. The molecule has 1 saturated heterocycles. The van der Waals surface area contributed by atoms with Gasteiger partial charge in [0.15, 0.2) is 0 Å². The molecule has 3 aromatic carbocycles. The molecular weight excluding hydrogens is 472 g/mol. The SMILES string of the molecule is COC(=O)[C@@]1(OC)C[C@@H](OCc2ccccc2)[C@H](OCc2ccccc2)[C@@H](COCc2ccccc2)O1. The van der Waals surface area contributed by atoms with Crippen molar-refractivity contribution in [1.29, 1.82) is 0 Å². The Balaban J connectivity index is 1.56. The summed E-state index contributed by atoms with van der Waals surface area (Å²) in [5.41, 5.74) is 3.06. The van der Waals surface area contributed by atoms with Crippen LogP contribution in [0.4, 0.5) is 0 Å². The summed E-state index contributed by atoms with van der Waals surface area (Å²) < 4.78 is 35.8. The molecule has 0 radical (unpaired) electrons. The van der Waals surface area contributed by atoms with Crippen LogP contribution < -0.4 is 0 Å². The van der Waals surface area contributed by atoms with E-state index in [0.717, 1.165) is 16.7 Å². The van der Waals surface area contributed by atoms with Crippen LogP contribution in [0.15, 0.2) is 91.0 Å². The Hall–Kier alpha value is -3.07. The third kappa shape index (κ3) is 7.25. The third-order valence-corrected chi connectivity index (χ3v) is 6.36. The molecule has 0 spiro atoms. The zero-order valence-corrected chi connectivity index (χ0v) is 21.3. The maximum atomic E-state index is 12.9. The Bertz CT molecular complexity index is 1080. The summed E-state index contributed by atoms with van der Waals surface area (Å²) in [5, 5.41) is 0. The lowest BCUT2D eigenvalue weighted by atomic mass is 9.94. The first-order valence-corrected chi connectivity index (χ1v) is 12.4. The van der Waals surface area contributed by atoms with Crippen molar-refractivity contribution >= 4 is 5.97 Å². The van der Waals surface area contributed by atoms with E-state index >= 15 is 0 Å². The molecule has 7 heteroatoms. The smallest absolute Gasteiger partial charge is 0.366 e. The molecule has 0 N–H and O–H groups in total. The van der Waals surface area contributed by atoms with Gasteiger partial charge in [-0.15, -0.1) is 0 Å². The predicted octanol–water partition coefficient (Wildman–Crippen LogP) is 4.68. The summed E-state index contributed by atoms with van der Waals surface area (Å²) in [6.07, 6.45) is -1.59. The lowest BCUT2D eigenvalue weighted by molar-refractivity contribution is -0.321. The van der Waals surface area contributed by atoms with E-state index in [-0.39, 0.29) is 13.0 Å². The van der Waals surface area contributed by atoms with Gasteiger partial charge in [0.1, 0.15) is 12.2 Å². The third-order valence-electron chi connectivity index (χ3n) is 6.36. The molecule has 0 aliphatic carbocycles. The van der Waals surface area contributed by atoms with Gasteiger partial charge in [-0.25, -0.2) is 4.79 Å². The van der Waals surface area contributed by atoms with Crippen molar-refractivity contribution < 1.29 is 33.2 Å². The van der Waals surface area contributed by atoms with E-state index in [1.54, 1.807) is 0 Å². The van der Waals surface area contributed by atoms with E-state index in [2.05, 4.69) is 0 Å². The van der Waals surface area contributed by atoms with Crippen molar-refractivity contribution in [1.82, 2.24) is 0 Å². The summed E-state index contributed by atoms with van der Waals surface area (Å²) in [6, 6.07) is 29.6. The number of esters is 1. The minimum Gasteiger partial charge on any atom is -0.465 e. The molecule has 1 aliphatic heterocycles. The van der Waals surface area contributed by atoms with E-state index in [4.69, 9.17) is 28.4 Å². The predicted molar refractivity (Wildman–Crippen MR) is 137 cm³/mol. The second kappa shape index (κ2) is 13.5. The van der Waals surface area contributed by atoms with Crippen LogP contribution in [0.25, 0.3) is 0 Å². The van der Waals surface area contributed by atoms with Crippen molar-refractivity contribution in [2.75, 3.05) is 20.8 Å². The summed E-state index contributed by atoms with van der Waals surface area (Å²) in [7, 11) is 2.74. The zero-order chi connectivity index (χ0) is 25.9. The second-order valence-electron chi connectivity index (χ2n) is 8.91. The van der Waals surface area contributed by atoms with E-state index in [1.807, 2.05) is 91.0 Å². The molecular formula is C30H34O7. The highest BCUT2D eigenvalue weighted by molar-refractivity contribution is 5.78. The quantitative estimate of drug-likeness (QED) is 0.330. The molecule has 0 aromatic heterocycles. The van der Waals surface area contributed by atoms with Gasteiger partial charge in [0, 0.05) is 13.5 Å². The Morgan fingerprint density at radius 2 is 1.30 bits per heavy atom. The summed E-state index contributed by atoms with van der Waals surface area (Å²) in [5.74, 6) is -2.26. The molecule has 1 heterocycles. The lowest BCUT2D eigenvalue weighted by Crippen LogP contribution is -2.61. The van der Waals surface area contributed by atoms with Crippen molar-refractivity contribution in [2.24, 2.45) is 0 Å². The van der Waals surface area contributed by atoms with Crippen LogP contribution in [0.5, 0.6) is 0 Å². The first kappa shape index (κ1) is 27.0. The van der Waals surface area contributed by atoms with E-state index in [0.29, 0.717) is 19.8 Å². The average molecular weight is 507 g/mol. The average Bonchev–Trinajstić information content (AvgIpc) is 2.96. The number of carbonyl (C=O) groups excluding carboxylic acids is 1. The topological polar surface area (TPSA) is 72.5 Å². The highest BCUT2D eigenvalue weighted by Gasteiger charge is 2.54. The molecule has 37 heavy (non-hydrogen) atoms. The van der Waals surface area contributed by atoms with Crippen molar-refractivity contribution in [3.05, 3.63) is 108 Å². The Kier molecular flexibility index (Phi) is 9.82. The van der Waals surface area contributed by atoms with Crippen LogP contribution in [0, 0.1) is 0 Å². The van der Waals surface area contributed by atoms with Crippen molar-refractivity contribution in [2.45, 2.75) is 50.3 Å². The summed E-state index contributed by atoms with van der Waals surface area (Å²) in [6.45, 7) is 1.25. The van der Waals surface area contributed by atoms with E-state index in [9.17, 15) is 4.79 Å². The fourth-order valence-electron chi connectivity index (χ4n) is 4.39. The number of hydrogen-bond donors (Lipinski definition) is 0. The number of rotatable bonds is 12. The minimum atomic E-state index is -1.64. The monoisotopic (exact) mass is 506 g/mol. The minimum absolute atomic E-state index is 0.109. The lowest BCUT2D eigenvalue weighted by Gasteiger charge is -2.45. The molecule has 0 amide bonds. The largest absolute Gasteiger partial charge is 0.465 e. The fraction of sp³-hybridized carbons (Fsp3) is 0.367. The van der Waals surface area contributed by atoms with Gasteiger partial charge < -0.3 is 28.4 Å². The maximum Gasteiger partial charge on any atom is 0.366 e. The molecule has 0 unspecified atom stereocenters. The van der Waals surface area contributed by atoms with Gasteiger partial charge in [-0.2, -0.15) is 0 Å². The van der Waals surface area contributed by atoms with Gasteiger partial charge in [0.2, 0.25) is 0 Å². The molecule has 3 aromatic rings. The van der Waals surface area contributed by atoms with Gasteiger partial charge in [-0.3, -0.25) is 0 Å². The number of carbonyl (C=O) groups is 1. The van der Waals surface area contributed by atoms with Gasteiger partial charge in [-0.1, -0.05) is 91.0 Å². The number of benzene rings is 3. The number of methoxy groups -OCH3 is 2. The van der Waals surface area contributed by atoms with Gasteiger partial charge in [-0.05, 0) is 16.7 Å². The van der Waals surface area contributed by atoms with E-state index < -0.39 is 30.1 Å². The molecule has 4 atom stereocenters. The fourth-order valence-corrected chi connectivity index (χ4v) is 4.39. The molecule has 196 valence electrons. The van der Waals surface area contributed by atoms with Crippen LogP contribution in [0.1, 0.15) is 23.1 Å². The van der Waals surface area contributed by atoms with Gasteiger partial charge >= 0.3 is 5.97 Å². The Labute approximate surface area is 218 Å². The summed E-state index contributed by atoms with van der Waals surface area (Å²) in [4.78, 5) is 12.9. The molecule has 1 aliphatic rings. The maximum absolute atomic E-state index is 12.9. The number of hydrogen-bond acceptors (Lipinski definition) is 7. The van der Waals surface area contributed by atoms with Gasteiger partial charge in [0.05, 0.1) is 39.6 Å². The zero-order valence-electron chi connectivity index (χ0n) is 21.3. The van der Waals surface area contributed by atoms with Crippen molar-refractivity contribution in [3.63, 3.8) is 0 Å². The molecule has 4 rings (SSSR count).